The molecule has 90 valence electrons. The van der Waals surface area contributed by atoms with Crippen LogP contribution in [0, 0.1) is 0 Å². The molecule has 0 aliphatic rings. The van der Waals surface area contributed by atoms with Crippen LogP contribution in [0.4, 0.5) is 13.2 Å². The summed E-state index contributed by atoms with van der Waals surface area (Å²) >= 11 is 0. The summed E-state index contributed by atoms with van der Waals surface area (Å²) in [6.45, 7) is 4.25. The molecule has 0 aromatic carbocycles. The van der Waals surface area contributed by atoms with Crippen LogP contribution in [0.3, 0.4) is 0 Å². The van der Waals surface area contributed by atoms with E-state index < -0.39 is 23.5 Å². The van der Waals surface area contributed by atoms with Crippen LogP contribution in [0.5, 0.6) is 0 Å². The summed E-state index contributed by atoms with van der Waals surface area (Å²) in [6, 6.07) is 0. The molecule has 0 aliphatic heterocycles. The highest BCUT2D eigenvalue weighted by Gasteiger charge is 2.33. The second-order valence-electron chi connectivity index (χ2n) is 2.86. The normalized spacial score (nSPS) is 10.3. The molecule has 1 aromatic heterocycles. The Morgan fingerprint density at radius 2 is 1.88 bits per heavy atom. The summed E-state index contributed by atoms with van der Waals surface area (Å²) in [7, 11) is 0. The van der Waals surface area contributed by atoms with E-state index in [-0.39, 0.29) is 0 Å². The van der Waals surface area contributed by atoms with Gasteiger partial charge in [-0.1, -0.05) is 20.3 Å². The molecule has 1 rings (SSSR count). The van der Waals surface area contributed by atoms with Crippen LogP contribution in [0.1, 0.15) is 36.5 Å². The molecule has 0 bridgehead atoms. The number of nitrogens with zero attached hydrogens (tertiary/aromatic N) is 2. The Bertz CT molecular complexity index is 352. The zero-order chi connectivity index (χ0) is 12.8. The largest absolute Gasteiger partial charge is 0.434 e. The number of nitrogens with two attached hydrogens (primary N) is 1. The van der Waals surface area contributed by atoms with E-state index in [0.717, 1.165) is 6.20 Å². The average molecular weight is 235 g/mol. The van der Waals surface area contributed by atoms with Crippen molar-refractivity contribution in [3.05, 3.63) is 23.8 Å². The number of aromatic nitrogens is 2. The predicted molar refractivity (Wildman–Crippen MR) is 51.5 cm³/mol. The standard InChI is InChI=1S/C6H4F3N3O.C3H8/c7-6(8,9)4-2-11-1-3(12-4)5(10)13;1-3-2/h1-2H,(H2,10,13);3H2,1-2H3. The van der Waals surface area contributed by atoms with Gasteiger partial charge >= 0.3 is 6.18 Å². The van der Waals surface area contributed by atoms with E-state index >= 15 is 0 Å². The third-order valence-corrected chi connectivity index (χ3v) is 1.18. The number of carbonyl (C=O) groups excluding carboxylic acids is 1. The molecule has 0 saturated carbocycles. The van der Waals surface area contributed by atoms with E-state index in [1.165, 1.54) is 6.42 Å². The lowest BCUT2D eigenvalue weighted by Gasteiger charge is -2.04. The van der Waals surface area contributed by atoms with Gasteiger partial charge in [0.05, 0.1) is 12.4 Å². The smallest absolute Gasteiger partial charge is 0.364 e. The molecule has 0 atom stereocenters. The van der Waals surface area contributed by atoms with E-state index in [0.29, 0.717) is 6.20 Å². The molecule has 0 saturated heterocycles. The van der Waals surface area contributed by atoms with Gasteiger partial charge in [-0.25, -0.2) is 4.98 Å². The fraction of sp³-hybridized carbons (Fsp3) is 0.444. The van der Waals surface area contributed by atoms with Gasteiger partial charge in [-0.05, 0) is 0 Å². The molecule has 16 heavy (non-hydrogen) atoms. The second-order valence-corrected chi connectivity index (χ2v) is 2.86. The van der Waals surface area contributed by atoms with Crippen LogP contribution < -0.4 is 5.73 Å². The van der Waals surface area contributed by atoms with Gasteiger partial charge in [-0.2, -0.15) is 13.2 Å². The zero-order valence-electron chi connectivity index (χ0n) is 8.88. The first kappa shape index (κ1) is 14.3. The highest BCUT2D eigenvalue weighted by atomic mass is 19.4. The Kier molecular flexibility index (Phi) is 5.41. The van der Waals surface area contributed by atoms with Crippen molar-refractivity contribution in [2.45, 2.75) is 26.4 Å². The van der Waals surface area contributed by atoms with Gasteiger partial charge in [0.15, 0.2) is 5.69 Å². The number of alkyl halides is 3. The highest BCUT2D eigenvalue weighted by Crippen LogP contribution is 2.26. The van der Waals surface area contributed by atoms with Gasteiger partial charge in [-0.15, -0.1) is 0 Å². The monoisotopic (exact) mass is 235 g/mol. The first-order valence-electron chi connectivity index (χ1n) is 4.51. The highest BCUT2D eigenvalue weighted by molar-refractivity contribution is 5.90. The van der Waals surface area contributed by atoms with Crippen molar-refractivity contribution < 1.29 is 18.0 Å². The van der Waals surface area contributed by atoms with Crippen molar-refractivity contribution in [1.82, 2.24) is 9.97 Å². The minimum absolute atomic E-state index is 0.505. The first-order valence-corrected chi connectivity index (χ1v) is 4.51. The van der Waals surface area contributed by atoms with Crippen LogP contribution in [-0.4, -0.2) is 15.9 Å². The summed E-state index contributed by atoms with van der Waals surface area (Å²) in [6.07, 6.45) is -1.97. The Labute approximate surface area is 90.7 Å². The number of hydrogen-bond acceptors (Lipinski definition) is 3. The van der Waals surface area contributed by atoms with Crippen LogP contribution in [-0.2, 0) is 6.18 Å². The topological polar surface area (TPSA) is 68.9 Å². The second kappa shape index (κ2) is 6.04. The van der Waals surface area contributed by atoms with Crippen LogP contribution in [0.2, 0.25) is 0 Å². The Morgan fingerprint density at radius 3 is 2.25 bits per heavy atom. The molecule has 2 N–H and O–H groups in total. The minimum Gasteiger partial charge on any atom is -0.364 e. The molecule has 4 nitrogen and oxygen atoms in total. The fourth-order valence-corrected chi connectivity index (χ4v) is 0.621. The van der Waals surface area contributed by atoms with Crippen molar-refractivity contribution in [2.75, 3.05) is 0 Å². The Morgan fingerprint density at radius 1 is 1.38 bits per heavy atom. The Balaban J connectivity index is 0.000000673. The van der Waals surface area contributed by atoms with Crippen molar-refractivity contribution >= 4 is 5.91 Å². The predicted octanol–water partition coefficient (Wildman–Crippen LogP) is 2.01. The number of carbonyl (C=O) groups is 1. The average Bonchev–Trinajstić information content (AvgIpc) is 2.18. The number of amides is 1. The van der Waals surface area contributed by atoms with Gasteiger partial charge in [-0.3, -0.25) is 9.78 Å². The third-order valence-electron chi connectivity index (χ3n) is 1.18. The molecule has 1 heterocycles. The van der Waals surface area contributed by atoms with E-state index in [1.807, 2.05) is 0 Å². The SMILES string of the molecule is CCC.NC(=O)c1cncc(C(F)(F)F)n1. The number of halogens is 3. The van der Waals surface area contributed by atoms with Gasteiger partial charge in [0.1, 0.15) is 5.69 Å². The quantitative estimate of drug-likeness (QED) is 0.809. The van der Waals surface area contributed by atoms with Crippen molar-refractivity contribution in [2.24, 2.45) is 5.73 Å². The lowest BCUT2D eigenvalue weighted by molar-refractivity contribution is -0.141. The maximum Gasteiger partial charge on any atom is 0.434 e. The van der Waals surface area contributed by atoms with Crippen molar-refractivity contribution in [1.29, 1.82) is 0 Å². The summed E-state index contributed by atoms with van der Waals surface area (Å²) in [5.41, 5.74) is 2.98. The van der Waals surface area contributed by atoms with Gasteiger partial charge in [0, 0.05) is 0 Å². The zero-order valence-corrected chi connectivity index (χ0v) is 8.88. The molecule has 7 heteroatoms. The van der Waals surface area contributed by atoms with Crippen LogP contribution in [0.15, 0.2) is 12.4 Å². The number of primary amides is 1. The van der Waals surface area contributed by atoms with Crippen LogP contribution >= 0.6 is 0 Å². The van der Waals surface area contributed by atoms with Crippen LogP contribution in [0.25, 0.3) is 0 Å². The maximum absolute atomic E-state index is 12.0. The summed E-state index contributed by atoms with van der Waals surface area (Å²) in [5, 5.41) is 0. The lowest BCUT2D eigenvalue weighted by Crippen LogP contribution is -2.17. The first-order chi connectivity index (χ1) is 7.32. The van der Waals surface area contributed by atoms with E-state index in [2.05, 4.69) is 23.8 Å². The molecule has 1 aromatic rings. The molecule has 0 unspecified atom stereocenters. The third kappa shape index (κ3) is 4.72. The Hall–Kier alpha value is -1.66. The number of hydrogen-bond donors (Lipinski definition) is 1. The molecule has 1 amide bonds. The molecular weight excluding hydrogens is 223 g/mol. The number of rotatable bonds is 1. The fourth-order valence-electron chi connectivity index (χ4n) is 0.621. The van der Waals surface area contributed by atoms with E-state index in [1.54, 1.807) is 0 Å². The molecular formula is C9H12F3N3O. The van der Waals surface area contributed by atoms with Gasteiger partial charge in [0.2, 0.25) is 0 Å². The summed E-state index contributed by atoms with van der Waals surface area (Å²) in [4.78, 5) is 16.6. The van der Waals surface area contributed by atoms with E-state index in [4.69, 9.17) is 5.73 Å². The van der Waals surface area contributed by atoms with E-state index in [9.17, 15) is 18.0 Å². The van der Waals surface area contributed by atoms with Crippen molar-refractivity contribution in [3.63, 3.8) is 0 Å². The van der Waals surface area contributed by atoms with Crippen molar-refractivity contribution in [3.8, 4) is 0 Å². The molecule has 0 radical (unpaired) electrons. The minimum atomic E-state index is -4.61. The molecule has 0 fully saturated rings. The molecule has 0 aliphatic carbocycles. The van der Waals surface area contributed by atoms with Gasteiger partial charge in [0.25, 0.3) is 5.91 Å². The maximum atomic E-state index is 12.0. The summed E-state index contributed by atoms with van der Waals surface area (Å²) in [5.74, 6) is -1.04. The van der Waals surface area contributed by atoms with Gasteiger partial charge < -0.3 is 5.73 Å². The summed E-state index contributed by atoms with van der Waals surface area (Å²) < 4.78 is 35.9. The lowest BCUT2D eigenvalue weighted by atomic mass is 10.4. The molecule has 0 spiro atoms.